The number of anilines is 1. The Morgan fingerprint density at radius 2 is 2.00 bits per heavy atom. The normalized spacial score (nSPS) is 30.4. The van der Waals surface area contributed by atoms with Crippen molar-refractivity contribution >= 4 is 40.0 Å². The first-order valence-electron chi connectivity index (χ1n) is 12.7. The van der Waals surface area contributed by atoms with Gasteiger partial charge in [0.05, 0.1) is 35.7 Å². The summed E-state index contributed by atoms with van der Waals surface area (Å²) in [7, 11) is 0. The Labute approximate surface area is 211 Å². The van der Waals surface area contributed by atoms with Crippen molar-refractivity contribution in [3.8, 4) is 0 Å². The van der Waals surface area contributed by atoms with Crippen molar-refractivity contribution in [3.63, 3.8) is 0 Å². The molecule has 0 radical (unpaired) electrons. The zero-order chi connectivity index (χ0) is 26.1. The van der Waals surface area contributed by atoms with E-state index in [1.54, 1.807) is 17.9 Å². The van der Waals surface area contributed by atoms with Crippen LogP contribution in [0.3, 0.4) is 0 Å². The predicted molar refractivity (Wildman–Crippen MR) is 127 cm³/mol. The molecular formula is C26H28FN3O7. The Kier molecular flexibility index (Phi) is 5.68. The number of Topliss-reactive ketones (excluding diaryl/α,β-unsaturated/α-hetero) is 2. The van der Waals surface area contributed by atoms with Crippen LogP contribution < -0.4 is 10.2 Å². The molecule has 3 fully saturated rings. The lowest BCUT2D eigenvalue weighted by Gasteiger charge is -2.55. The number of fused-ring (bicyclic) bond motifs is 5. The van der Waals surface area contributed by atoms with E-state index in [9.17, 15) is 19.2 Å². The predicted octanol–water partition coefficient (Wildman–Crippen LogP) is 2.11. The Morgan fingerprint density at radius 1 is 1.24 bits per heavy atom. The van der Waals surface area contributed by atoms with Crippen LogP contribution in [-0.2, 0) is 30.3 Å². The number of piperidine rings is 1. The van der Waals surface area contributed by atoms with E-state index in [1.165, 1.54) is 0 Å². The fraction of sp³-hybridized carbons (Fsp3) is 0.577. The highest BCUT2D eigenvalue weighted by molar-refractivity contribution is 6.22. The third-order valence-electron chi connectivity index (χ3n) is 8.26. The molecule has 1 aromatic heterocycles. The minimum atomic E-state index is -1.63. The topological polar surface area (TPSA) is 128 Å². The van der Waals surface area contributed by atoms with Crippen LogP contribution in [0.4, 0.5) is 10.1 Å². The zero-order valence-electron chi connectivity index (χ0n) is 20.7. The Bertz CT molecular complexity index is 1310. The number of imide groups is 1. The lowest BCUT2D eigenvalue weighted by atomic mass is 9.63. The van der Waals surface area contributed by atoms with Crippen molar-refractivity contribution in [2.24, 2.45) is 11.3 Å². The molecule has 0 aliphatic carbocycles. The fourth-order valence-electron chi connectivity index (χ4n) is 6.66. The van der Waals surface area contributed by atoms with Gasteiger partial charge in [-0.3, -0.25) is 24.5 Å². The number of ether oxygens (including phenoxy) is 2. The largest absolute Gasteiger partial charge is 0.381 e. The molecule has 0 saturated carbocycles. The molecule has 10 nitrogen and oxygen atoms in total. The molecule has 1 aromatic carbocycles. The average molecular weight is 514 g/mol. The first kappa shape index (κ1) is 24.2. The Balaban J connectivity index is 1.48. The SMILES string of the molecule is C[C@@H]1CN2c3c(cc4c(C(=O)CC5CCOCC5)noc4c3F)CC3(C(=O)CC(=O)NC3=O)[C@H]2[C@H](C)O1. The number of amides is 2. The number of ketones is 2. The minimum absolute atomic E-state index is 0.0395. The van der Waals surface area contributed by atoms with Gasteiger partial charge in [0.1, 0.15) is 5.41 Å². The van der Waals surface area contributed by atoms with Gasteiger partial charge in [-0.2, -0.15) is 0 Å². The van der Waals surface area contributed by atoms with E-state index in [-0.39, 0.29) is 59.5 Å². The van der Waals surface area contributed by atoms with E-state index in [0.29, 0.717) is 18.8 Å². The molecule has 0 bridgehead atoms. The van der Waals surface area contributed by atoms with Crippen LogP contribution in [0.5, 0.6) is 0 Å². The van der Waals surface area contributed by atoms with Crippen molar-refractivity contribution in [3.05, 3.63) is 23.1 Å². The molecule has 2 aromatic rings. The van der Waals surface area contributed by atoms with Crippen molar-refractivity contribution in [2.45, 2.75) is 64.2 Å². The molecule has 4 aliphatic rings. The fourth-order valence-corrected chi connectivity index (χ4v) is 6.66. The van der Waals surface area contributed by atoms with Crippen molar-refractivity contribution < 1.29 is 37.6 Å². The summed E-state index contributed by atoms with van der Waals surface area (Å²) in [5, 5.41) is 6.48. The summed E-state index contributed by atoms with van der Waals surface area (Å²) in [6.45, 7) is 4.99. The van der Waals surface area contributed by atoms with E-state index in [4.69, 9.17) is 14.0 Å². The van der Waals surface area contributed by atoms with Gasteiger partial charge in [0.2, 0.25) is 17.4 Å². The summed E-state index contributed by atoms with van der Waals surface area (Å²) >= 11 is 0. The number of aromatic nitrogens is 1. The van der Waals surface area contributed by atoms with Crippen LogP contribution in [-0.4, -0.2) is 66.5 Å². The maximum absolute atomic E-state index is 16.1. The lowest BCUT2D eigenvalue weighted by Crippen LogP contribution is -2.72. The lowest BCUT2D eigenvalue weighted by molar-refractivity contribution is -0.158. The highest BCUT2D eigenvalue weighted by atomic mass is 19.1. The quantitative estimate of drug-likeness (QED) is 0.373. The van der Waals surface area contributed by atoms with Crippen LogP contribution in [0.1, 0.15) is 55.6 Å². The van der Waals surface area contributed by atoms with Crippen LogP contribution in [0.15, 0.2) is 10.6 Å². The van der Waals surface area contributed by atoms with E-state index in [0.717, 1.165) is 12.8 Å². The molecule has 6 rings (SSSR count). The minimum Gasteiger partial charge on any atom is -0.381 e. The highest BCUT2D eigenvalue weighted by Gasteiger charge is 2.62. The van der Waals surface area contributed by atoms with Crippen LogP contribution >= 0.6 is 0 Å². The number of hydrogen-bond donors (Lipinski definition) is 1. The van der Waals surface area contributed by atoms with Gasteiger partial charge in [-0.05, 0) is 50.7 Å². The number of carbonyl (C=O) groups is 4. The van der Waals surface area contributed by atoms with Gasteiger partial charge >= 0.3 is 0 Å². The van der Waals surface area contributed by atoms with Crippen molar-refractivity contribution in [2.75, 3.05) is 24.7 Å². The van der Waals surface area contributed by atoms with Gasteiger partial charge in [0.15, 0.2) is 23.1 Å². The number of hydrogen-bond acceptors (Lipinski definition) is 9. The van der Waals surface area contributed by atoms with Gasteiger partial charge < -0.3 is 18.9 Å². The summed E-state index contributed by atoms with van der Waals surface area (Å²) in [6.07, 6.45) is 0.296. The molecule has 4 atom stereocenters. The van der Waals surface area contributed by atoms with Gasteiger partial charge in [-0.15, -0.1) is 0 Å². The molecular weight excluding hydrogens is 485 g/mol. The third kappa shape index (κ3) is 3.62. The summed E-state index contributed by atoms with van der Waals surface area (Å²) in [5.41, 5.74) is -1.13. The molecule has 2 amide bonds. The first-order valence-corrected chi connectivity index (χ1v) is 12.7. The van der Waals surface area contributed by atoms with Gasteiger partial charge in [0.25, 0.3) is 0 Å². The van der Waals surface area contributed by atoms with Gasteiger partial charge in [0, 0.05) is 26.2 Å². The van der Waals surface area contributed by atoms with E-state index in [2.05, 4.69) is 10.5 Å². The second kappa shape index (κ2) is 8.70. The number of morpholine rings is 1. The van der Waals surface area contributed by atoms with Crippen molar-refractivity contribution in [1.82, 2.24) is 10.5 Å². The van der Waals surface area contributed by atoms with Crippen LogP contribution in [0.2, 0.25) is 0 Å². The summed E-state index contributed by atoms with van der Waals surface area (Å²) in [6, 6.07) is 0.794. The molecule has 1 unspecified atom stereocenters. The number of nitrogens with zero attached hydrogens (tertiary/aromatic N) is 2. The van der Waals surface area contributed by atoms with E-state index < -0.39 is 47.4 Å². The zero-order valence-corrected chi connectivity index (χ0v) is 20.7. The van der Waals surface area contributed by atoms with E-state index in [1.807, 2.05) is 6.92 Å². The van der Waals surface area contributed by atoms with Gasteiger partial charge in [-0.1, -0.05) is 5.16 Å². The molecule has 4 aliphatic heterocycles. The molecule has 11 heteroatoms. The number of benzene rings is 1. The number of carbonyl (C=O) groups excluding carboxylic acids is 4. The molecule has 37 heavy (non-hydrogen) atoms. The van der Waals surface area contributed by atoms with Crippen LogP contribution in [0, 0.1) is 17.2 Å². The van der Waals surface area contributed by atoms with E-state index >= 15 is 4.39 Å². The smallest absolute Gasteiger partial charge is 0.242 e. The Morgan fingerprint density at radius 3 is 2.73 bits per heavy atom. The molecule has 196 valence electrons. The van der Waals surface area contributed by atoms with Crippen LogP contribution in [0.25, 0.3) is 11.0 Å². The Hall–Kier alpha value is -3.18. The maximum atomic E-state index is 16.1. The highest BCUT2D eigenvalue weighted by Crippen LogP contribution is 2.50. The molecule has 3 saturated heterocycles. The monoisotopic (exact) mass is 513 g/mol. The summed E-state index contributed by atoms with van der Waals surface area (Å²) in [5.74, 6) is -2.67. The second-order valence-electron chi connectivity index (χ2n) is 10.7. The molecule has 5 heterocycles. The van der Waals surface area contributed by atoms with Crippen molar-refractivity contribution in [1.29, 1.82) is 0 Å². The molecule has 1 spiro atoms. The summed E-state index contributed by atoms with van der Waals surface area (Å²) < 4.78 is 32.9. The third-order valence-corrected chi connectivity index (χ3v) is 8.26. The van der Waals surface area contributed by atoms with Gasteiger partial charge in [-0.25, -0.2) is 4.39 Å². The second-order valence-corrected chi connectivity index (χ2v) is 10.7. The number of halogens is 1. The maximum Gasteiger partial charge on any atom is 0.242 e. The number of nitrogens with one attached hydrogen (secondary N) is 1. The summed E-state index contributed by atoms with van der Waals surface area (Å²) in [4.78, 5) is 53.6. The number of rotatable bonds is 3. The molecule has 1 N–H and O–H groups in total. The average Bonchev–Trinajstić information content (AvgIpc) is 3.27. The first-order chi connectivity index (χ1) is 17.7. The standard InChI is InChI=1S/C26H28FN3O7/c1-12-11-30-22-15(10-26(24(30)13(2)36-12)18(32)9-19(33)28-25(26)34)8-16-21(29-37-23(16)20(22)27)17(31)7-14-3-5-35-6-4-14/h8,12-14,24H,3-7,9-11H2,1-2H3,(H,28,33,34)/t12-,13+,24-,26?/m1/s1.